The molecule has 1 aliphatic rings. The van der Waals surface area contributed by atoms with E-state index in [0.717, 1.165) is 0 Å². The van der Waals surface area contributed by atoms with Crippen LogP contribution in [0.4, 0.5) is 4.39 Å². The molecule has 1 fully saturated rings. The molecule has 1 saturated heterocycles. The molecule has 0 aromatic heterocycles. The van der Waals surface area contributed by atoms with Gasteiger partial charge in [0.15, 0.2) is 0 Å². The summed E-state index contributed by atoms with van der Waals surface area (Å²) in [5.74, 6) is 0. The van der Waals surface area contributed by atoms with E-state index in [1.54, 1.807) is 0 Å². The third-order valence-electron chi connectivity index (χ3n) is 1.73. The van der Waals surface area contributed by atoms with E-state index in [9.17, 15) is 4.39 Å². The lowest BCUT2D eigenvalue weighted by Crippen LogP contribution is -2.57. The van der Waals surface area contributed by atoms with E-state index in [2.05, 4.69) is 26.1 Å². The van der Waals surface area contributed by atoms with Crippen LogP contribution in [-0.2, 0) is 0 Å². The van der Waals surface area contributed by atoms with Gasteiger partial charge >= 0.3 is 0 Å². The fraction of sp³-hybridized carbons (Fsp3) is 1.00. The van der Waals surface area contributed by atoms with Crippen LogP contribution in [-0.4, -0.2) is 18.8 Å². The van der Waals surface area contributed by atoms with Gasteiger partial charge in [0.05, 0.1) is 0 Å². The molecule has 0 aliphatic carbocycles. The average Bonchev–Trinajstić information content (AvgIpc) is 1.57. The molecule has 0 amide bonds. The molecule has 2 heteroatoms. The molecular weight excluding hydrogens is 129 g/mol. The number of rotatable bonds is 1. The van der Waals surface area contributed by atoms with Crippen molar-refractivity contribution >= 4 is 0 Å². The van der Waals surface area contributed by atoms with Crippen LogP contribution < -0.4 is 5.32 Å². The molecule has 1 nitrogen and oxygen atoms in total. The van der Waals surface area contributed by atoms with Gasteiger partial charge in [0.2, 0.25) is 0 Å². The Labute approximate surface area is 62.0 Å². The minimum absolute atomic E-state index is 0.122. The highest BCUT2D eigenvalue weighted by Gasteiger charge is 2.39. The Morgan fingerprint density at radius 1 is 1.40 bits per heavy atom. The van der Waals surface area contributed by atoms with Gasteiger partial charge in [0.1, 0.15) is 5.67 Å². The minimum Gasteiger partial charge on any atom is -0.310 e. The van der Waals surface area contributed by atoms with Gasteiger partial charge < -0.3 is 5.32 Å². The predicted octanol–water partition coefficient (Wildman–Crippen LogP) is 1.73. The van der Waals surface area contributed by atoms with E-state index < -0.39 is 5.67 Å². The molecule has 1 heterocycles. The van der Waals surface area contributed by atoms with Gasteiger partial charge in [-0.15, -0.1) is 0 Å². The third-order valence-corrected chi connectivity index (χ3v) is 1.73. The second-order valence-corrected chi connectivity index (χ2v) is 4.49. The van der Waals surface area contributed by atoms with E-state index in [-0.39, 0.29) is 5.41 Å². The molecule has 0 unspecified atom stereocenters. The molecule has 1 N–H and O–H groups in total. The SMILES string of the molecule is CC(C)(C)CC1(F)CNC1. The Morgan fingerprint density at radius 3 is 2.00 bits per heavy atom. The van der Waals surface area contributed by atoms with Crippen LogP contribution in [0.5, 0.6) is 0 Å². The van der Waals surface area contributed by atoms with Crippen molar-refractivity contribution in [2.45, 2.75) is 32.9 Å². The van der Waals surface area contributed by atoms with Crippen LogP contribution in [0.3, 0.4) is 0 Å². The van der Waals surface area contributed by atoms with Crippen molar-refractivity contribution in [3.05, 3.63) is 0 Å². The summed E-state index contributed by atoms with van der Waals surface area (Å²) >= 11 is 0. The van der Waals surface area contributed by atoms with Crippen molar-refractivity contribution in [3.63, 3.8) is 0 Å². The molecule has 0 radical (unpaired) electrons. The number of hydrogen-bond donors (Lipinski definition) is 1. The highest BCUT2D eigenvalue weighted by molar-refractivity contribution is 4.95. The van der Waals surface area contributed by atoms with Crippen molar-refractivity contribution < 1.29 is 4.39 Å². The maximum absolute atomic E-state index is 13.3. The molecule has 0 aromatic carbocycles. The van der Waals surface area contributed by atoms with Crippen LogP contribution >= 0.6 is 0 Å². The first-order valence-corrected chi connectivity index (χ1v) is 3.81. The van der Waals surface area contributed by atoms with E-state index >= 15 is 0 Å². The molecular formula is C8H16FN. The monoisotopic (exact) mass is 145 g/mol. The van der Waals surface area contributed by atoms with Crippen molar-refractivity contribution in [1.82, 2.24) is 5.32 Å². The maximum Gasteiger partial charge on any atom is 0.136 e. The third kappa shape index (κ3) is 1.94. The number of alkyl halides is 1. The quantitative estimate of drug-likeness (QED) is 0.592. The standard InChI is InChI=1S/C8H16FN/c1-7(2,3)4-8(9)5-10-6-8/h10H,4-6H2,1-3H3. The number of hydrogen-bond acceptors (Lipinski definition) is 1. The fourth-order valence-corrected chi connectivity index (χ4v) is 1.47. The summed E-state index contributed by atoms with van der Waals surface area (Å²) in [6, 6.07) is 0. The summed E-state index contributed by atoms with van der Waals surface area (Å²) in [5.41, 5.74) is -0.783. The summed E-state index contributed by atoms with van der Waals surface area (Å²) < 4.78 is 13.3. The van der Waals surface area contributed by atoms with Crippen LogP contribution in [0.25, 0.3) is 0 Å². The zero-order valence-electron chi connectivity index (χ0n) is 7.00. The van der Waals surface area contributed by atoms with Gasteiger partial charge in [0, 0.05) is 13.1 Å². The highest BCUT2D eigenvalue weighted by Crippen LogP contribution is 2.32. The van der Waals surface area contributed by atoms with Gasteiger partial charge in [-0.1, -0.05) is 20.8 Å². The number of halogens is 1. The second-order valence-electron chi connectivity index (χ2n) is 4.49. The smallest absolute Gasteiger partial charge is 0.136 e. The molecule has 1 rings (SSSR count). The first-order chi connectivity index (χ1) is 4.41. The van der Waals surface area contributed by atoms with E-state index in [0.29, 0.717) is 19.5 Å². The Bertz CT molecular complexity index is 122. The molecule has 0 saturated carbocycles. The highest BCUT2D eigenvalue weighted by atomic mass is 19.1. The van der Waals surface area contributed by atoms with Crippen molar-refractivity contribution in [2.24, 2.45) is 5.41 Å². The lowest BCUT2D eigenvalue weighted by Gasteiger charge is -2.39. The lowest BCUT2D eigenvalue weighted by molar-refractivity contribution is 0.0438. The lowest BCUT2D eigenvalue weighted by atomic mass is 9.80. The summed E-state index contributed by atoms with van der Waals surface area (Å²) in [6.45, 7) is 7.32. The predicted molar refractivity (Wildman–Crippen MR) is 40.8 cm³/mol. The van der Waals surface area contributed by atoms with Crippen LogP contribution in [0, 0.1) is 5.41 Å². The van der Waals surface area contributed by atoms with Crippen molar-refractivity contribution in [3.8, 4) is 0 Å². The maximum atomic E-state index is 13.3. The zero-order chi connectivity index (χ0) is 7.83. The van der Waals surface area contributed by atoms with E-state index in [1.165, 1.54) is 0 Å². The Kier molecular flexibility index (Phi) is 1.75. The normalized spacial score (nSPS) is 24.0. The molecule has 10 heavy (non-hydrogen) atoms. The van der Waals surface area contributed by atoms with Crippen molar-refractivity contribution in [1.29, 1.82) is 0 Å². The van der Waals surface area contributed by atoms with Crippen LogP contribution in [0.2, 0.25) is 0 Å². The topological polar surface area (TPSA) is 12.0 Å². The molecule has 1 aliphatic heterocycles. The second kappa shape index (κ2) is 2.19. The first kappa shape index (κ1) is 7.99. The van der Waals surface area contributed by atoms with E-state index in [4.69, 9.17) is 0 Å². The Balaban J connectivity index is 2.37. The minimum atomic E-state index is -0.905. The van der Waals surface area contributed by atoms with Gasteiger partial charge in [-0.05, 0) is 11.8 Å². The Morgan fingerprint density at radius 2 is 1.90 bits per heavy atom. The van der Waals surface area contributed by atoms with Gasteiger partial charge in [-0.25, -0.2) is 4.39 Å². The van der Waals surface area contributed by atoms with Crippen LogP contribution in [0.1, 0.15) is 27.2 Å². The zero-order valence-corrected chi connectivity index (χ0v) is 7.00. The molecule has 60 valence electrons. The largest absolute Gasteiger partial charge is 0.310 e. The first-order valence-electron chi connectivity index (χ1n) is 3.81. The molecule has 0 bridgehead atoms. The van der Waals surface area contributed by atoms with Gasteiger partial charge in [-0.3, -0.25) is 0 Å². The Hall–Kier alpha value is -0.110. The number of nitrogens with one attached hydrogen (secondary N) is 1. The van der Waals surface area contributed by atoms with E-state index in [1.807, 2.05) is 0 Å². The van der Waals surface area contributed by atoms with Crippen molar-refractivity contribution in [2.75, 3.05) is 13.1 Å². The van der Waals surface area contributed by atoms with Crippen LogP contribution in [0.15, 0.2) is 0 Å². The summed E-state index contributed by atoms with van der Waals surface area (Å²) in [4.78, 5) is 0. The van der Waals surface area contributed by atoms with Gasteiger partial charge in [0.25, 0.3) is 0 Å². The van der Waals surface area contributed by atoms with Gasteiger partial charge in [-0.2, -0.15) is 0 Å². The fourth-order valence-electron chi connectivity index (χ4n) is 1.47. The summed E-state index contributed by atoms with van der Waals surface area (Å²) in [6.07, 6.45) is 0.674. The summed E-state index contributed by atoms with van der Waals surface area (Å²) in [7, 11) is 0. The summed E-state index contributed by atoms with van der Waals surface area (Å²) in [5, 5.41) is 2.95. The molecule has 0 aromatic rings. The molecule has 0 atom stereocenters. The average molecular weight is 145 g/mol. The molecule has 0 spiro atoms.